The molecule has 6 rings (SSSR count). The van der Waals surface area contributed by atoms with Gasteiger partial charge in [0.1, 0.15) is 0 Å². The largest absolute Gasteiger partial charge is 0.279 e. The second kappa shape index (κ2) is 11.3. The molecule has 42 heavy (non-hydrogen) atoms. The third-order valence-electron chi connectivity index (χ3n) is 8.30. The van der Waals surface area contributed by atoms with E-state index in [1.807, 2.05) is 6.07 Å². The SMILES string of the molecule is Cc1cc(C)c(C(c2ccc(N(c3ncccn3)c3cccc4ccccc34)cc2)c2c(C)cc(C)cc2C)c(C)c1. The molecule has 5 aromatic carbocycles. The van der Waals surface area contributed by atoms with E-state index in [9.17, 15) is 0 Å². The molecule has 0 unspecified atom stereocenters. The van der Waals surface area contributed by atoms with Crippen molar-refractivity contribution < 1.29 is 0 Å². The molecule has 0 radical (unpaired) electrons. The summed E-state index contributed by atoms with van der Waals surface area (Å²) < 4.78 is 0. The summed E-state index contributed by atoms with van der Waals surface area (Å²) in [5, 5.41) is 2.34. The topological polar surface area (TPSA) is 29.0 Å². The average Bonchev–Trinajstić information content (AvgIpc) is 2.97. The van der Waals surface area contributed by atoms with E-state index in [2.05, 4.69) is 147 Å². The van der Waals surface area contributed by atoms with E-state index in [-0.39, 0.29) is 5.92 Å². The van der Waals surface area contributed by atoms with Crippen LogP contribution in [0.3, 0.4) is 0 Å². The van der Waals surface area contributed by atoms with Crippen LogP contribution in [0.15, 0.2) is 109 Å². The standard InChI is InChI=1S/C39H37N3/c1-25-21-27(3)36(28(4)22-25)38(37-29(5)23-26(2)24-30(37)6)32-15-17-33(18-16-32)42(39-40-19-10-20-41-39)35-14-9-12-31-11-7-8-13-34(31)35/h7-24,38H,1-6H3. The molecule has 6 aromatic rings. The molecule has 208 valence electrons. The fraction of sp³-hybridized carbons (Fsp3) is 0.179. The lowest BCUT2D eigenvalue weighted by Crippen LogP contribution is -2.14. The lowest BCUT2D eigenvalue weighted by Gasteiger charge is -2.28. The Hall–Kier alpha value is -4.76. The first-order chi connectivity index (χ1) is 20.3. The predicted octanol–water partition coefficient (Wildman–Crippen LogP) is 10.1. The smallest absolute Gasteiger partial charge is 0.234 e. The number of aryl methyl sites for hydroxylation is 6. The van der Waals surface area contributed by atoms with Gasteiger partial charge in [0.15, 0.2) is 0 Å². The number of rotatable bonds is 6. The van der Waals surface area contributed by atoms with Crippen LogP contribution in [0.25, 0.3) is 10.8 Å². The van der Waals surface area contributed by atoms with Crippen molar-refractivity contribution in [2.75, 3.05) is 4.90 Å². The lowest BCUT2D eigenvalue weighted by molar-refractivity contribution is 0.919. The van der Waals surface area contributed by atoms with Gasteiger partial charge in [-0.3, -0.25) is 4.90 Å². The van der Waals surface area contributed by atoms with Gasteiger partial charge >= 0.3 is 0 Å². The van der Waals surface area contributed by atoms with Gasteiger partial charge in [0, 0.05) is 29.4 Å². The Morgan fingerprint density at radius 2 is 1.07 bits per heavy atom. The van der Waals surface area contributed by atoms with Crippen LogP contribution in [-0.2, 0) is 0 Å². The molecule has 1 heterocycles. The quantitative estimate of drug-likeness (QED) is 0.194. The van der Waals surface area contributed by atoms with Crippen molar-refractivity contribution in [3.63, 3.8) is 0 Å². The summed E-state index contributed by atoms with van der Waals surface area (Å²) in [6, 6.07) is 35.0. The summed E-state index contributed by atoms with van der Waals surface area (Å²) in [5.74, 6) is 0.771. The molecule has 1 aromatic heterocycles. The third kappa shape index (κ3) is 5.07. The molecular formula is C39H37N3. The molecule has 0 fully saturated rings. The Balaban J connectivity index is 1.54. The fourth-order valence-electron chi connectivity index (χ4n) is 6.76. The zero-order valence-corrected chi connectivity index (χ0v) is 25.3. The molecule has 3 heteroatoms. The maximum absolute atomic E-state index is 4.67. The highest BCUT2D eigenvalue weighted by Gasteiger charge is 2.25. The van der Waals surface area contributed by atoms with E-state index < -0.39 is 0 Å². The number of nitrogens with zero attached hydrogens (tertiary/aromatic N) is 3. The summed E-state index contributed by atoms with van der Waals surface area (Å²) in [4.78, 5) is 11.5. The van der Waals surface area contributed by atoms with E-state index >= 15 is 0 Å². The number of hydrogen-bond donors (Lipinski definition) is 0. The zero-order valence-electron chi connectivity index (χ0n) is 25.3. The second-order valence-corrected chi connectivity index (χ2v) is 11.5. The highest BCUT2D eigenvalue weighted by atomic mass is 15.3. The molecule has 0 aliphatic rings. The zero-order chi connectivity index (χ0) is 29.4. The van der Waals surface area contributed by atoms with Gasteiger partial charge in [0.25, 0.3) is 0 Å². The second-order valence-electron chi connectivity index (χ2n) is 11.5. The van der Waals surface area contributed by atoms with Gasteiger partial charge in [-0.15, -0.1) is 0 Å². The van der Waals surface area contributed by atoms with Gasteiger partial charge in [0.2, 0.25) is 5.95 Å². The lowest BCUT2D eigenvalue weighted by atomic mass is 9.77. The van der Waals surface area contributed by atoms with Crippen molar-refractivity contribution in [3.8, 4) is 0 Å². The first-order valence-corrected chi connectivity index (χ1v) is 14.6. The number of hydrogen-bond acceptors (Lipinski definition) is 3. The Morgan fingerprint density at radius 1 is 0.548 bits per heavy atom. The summed E-state index contributed by atoms with van der Waals surface area (Å²) in [6.45, 7) is 13.4. The first kappa shape index (κ1) is 27.4. The minimum absolute atomic E-state index is 0.124. The number of aromatic nitrogens is 2. The van der Waals surface area contributed by atoms with Crippen LogP contribution in [0.5, 0.6) is 0 Å². The van der Waals surface area contributed by atoms with Crippen LogP contribution < -0.4 is 4.90 Å². The molecule has 0 amide bonds. The van der Waals surface area contributed by atoms with E-state index in [1.54, 1.807) is 12.4 Å². The molecule has 0 saturated heterocycles. The van der Waals surface area contributed by atoms with Gasteiger partial charge in [-0.2, -0.15) is 0 Å². The number of anilines is 3. The van der Waals surface area contributed by atoms with E-state index in [0.29, 0.717) is 5.95 Å². The van der Waals surface area contributed by atoms with Crippen molar-refractivity contribution in [1.82, 2.24) is 9.97 Å². The maximum atomic E-state index is 4.67. The normalized spacial score (nSPS) is 11.3. The van der Waals surface area contributed by atoms with Crippen molar-refractivity contribution >= 4 is 28.1 Å². The highest BCUT2D eigenvalue weighted by molar-refractivity contribution is 5.98. The van der Waals surface area contributed by atoms with Gasteiger partial charge in [-0.25, -0.2) is 9.97 Å². The molecule has 0 N–H and O–H groups in total. The first-order valence-electron chi connectivity index (χ1n) is 14.6. The minimum atomic E-state index is 0.124. The van der Waals surface area contributed by atoms with Crippen LogP contribution in [0.4, 0.5) is 17.3 Å². The van der Waals surface area contributed by atoms with E-state index in [0.717, 1.165) is 16.8 Å². The molecule has 0 saturated carbocycles. The Bertz CT molecular complexity index is 1780. The van der Waals surface area contributed by atoms with Crippen molar-refractivity contribution in [1.29, 1.82) is 0 Å². The van der Waals surface area contributed by atoms with Gasteiger partial charge in [-0.1, -0.05) is 83.9 Å². The fourth-order valence-corrected chi connectivity index (χ4v) is 6.76. The molecule has 0 aliphatic carbocycles. The maximum Gasteiger partial charge on any atom is 0.234 e. The molecule has 0 aliphatic heterocycles. The number of benzene rings is 5. The van der Waals surface area contributed by atoms with Crippen molar-refractivity contribution in [2.45, 2.75) is 47.5 Å². The Labute approximate surface area is 249 Å². The Kier molecular flexibility index (Phi) is 7.34. The summed E-state index contributed by atoms with van der Waals surface area (Å²) in [5.41, 5.74) is 14.0. The predicted molar refractivity (Wildman–Crippen MR) is 176 cm³/mol. The molecule has 0 atom stereocenters. The highest BCUT2D eigenvalue weighted by Crippen LogP contribution is 2.42. The van der Waals surface area contributed by atoms with Gasteiger partial charge < -0.3 is 0 Å². The Morgan fingerprint density at radius 3 is 1.64 bits per heavy atom. The van der Waals surface area contributed by atoms with Crippen molar-refractivity contribution in [3.05, 3.63) is 160 Å². The summed E-state index contributed by atoms with van der Waals surface area (Å²) in [7, 11) is 0. The minimum Gasteiger partial charge on any atom is -0.279 e. The van der Waals surface area contributed by atoms with Crippen LogP contribution in [0, 0.1) is 41.5 Å². The van der Waals surface area contributed by atoms with Crippen LogP contribution >= 0.6 is 0 Å². The molecular weight excluding hydrogens is 510 g/mol. The van der Waals surface area contributed by atoms with Crippen LogP contribution in [0.2, 0.25) is 0 Å². The summed E-state index contributed by atoms with van der Waals surface area (Å²) >= 11 is 0. The molecule has 0 spiro atoms. The van der Waals surface area contributed by atoms with Gasteiger partial charge in [0.05, 0.1) is 5.69 Å². The van der Waals surface area contributed by atoms with Crippen LogP contribution in [0.1, 0.15) is 56.0 Å². The van der Waals surface area contributed by atoms with Gasteiger partial charge in [-0.05, 0) is 110 Å². The molecule has 0 bridgehead atoms. The van der Waals surface area contributed by atoms with Crippen LogP contribution in [-0.4, -0.2) is 9.97 Å². The molecule has 3 nitrogen and oxygen atoms in total. The summed E-state index contributed by atoms with van der Waals surface area (Å²) in [6.07, 6.45) is 3.60. The van der Waals surface area contributed by atoms with E-state index in [4.69, 9.17) is 0 Å². The average molecular weight is 548 g/mol. The third-order valence-corrected chi connectivity index (χ3v) is 8.30. The number of fused-ring (bicyclic) bond motifs is 1. The van der Waals surface area contributed by atoms with Crippen molar-refractivity contribution in [2.24, 2.45) is 0 Å². The van der Waals surface area contributed by atoms with E-state index in [1.165, 1.54) is 55.5 Å². The monoisotopic (exact) mass is 547 g/mol.